The van der Waals surface area contributed by atoms with Crippen LogP contribution in [0.5, 0.6) is 0 Å². The van der Waals surface area contributed by atoms with Crippen molar-refractivity contribution >= 4 is 28.1 Å². The summed E-state index contributed by atoms with van der Waals surface area (Å²) < 4.78 is 25.1. The standard InChI is InChI=1S/C29H32N2O2S/c1-29(2,3)34(32)30-20-28-26(18-19-33-22-24-14-8-5-9-15-24)25-16-10-11-17-27(25)31(28)21-23-12-6-4-7-13-23/h4-17,20H,18-19,21-22H2,1-3H3/b30-20+. The second-order valence-electron chi connectivity index (χ2n) is 9.34. The summed E-state index contributed by atoms with van der Waals surface area (Å²) in [5.74, 6) is 0. The van der Waals surface area contributed by atoms with Gasteiger partial charge in [-0.2, -0.15) is 4.40 Å². The highest BCUT2D eigenvalue weighted by Crippen LogP contribution is 2.28. The smallest absolute Gasteiger partial charge is 0.144 e. The minimum atomic E-state index is -1.33. The van der Waals surface area contributed by atoms with Crippen molar-refractivity contribution in [2.24, 2.45) is 4.40 Å². The van der Waals surface area contributed by atoms with Crippen molar-refractivity contribution in [1.29, 1.82) is 0 Å². The van der Waals surface area contributed by atoms with Gasteiger partial charge in [0.15, 0.2) is 0 Å². The first-order valence-corrected chi connectivity index (χ1v) is 12.8. The largest absolute Gasteiger partial charge is 0.376 e. The Morgan fingerprint density at radius 2 is 1.50 bits per heavy atom. The number of para-hydroxylation sites is 1. The van der Waals surface area contributed by atoms with Gasteiger partial charge in [-0.05, 0) is 49.9 Å². The SMILES string of the molecule is CC(C)(C)S(=O)/N=C/c1c(CCOCc2ccccc2)c2ccccc2n1Cc1ccccc1. The Morgan fingerprint density at radius 1 is 0.882 bits per heavy atom. The second kappa shape index (κ2) is 10.9. The van der Waals surface area contributed by atoms with Gasteiger partial charge in [-0.25, -0.2) is 4.21 Å². The molecule has 0 radical (unpaired) electrons. The first kappa shape index (κ1) is 24.1. The van der Waals surface area contributed by atoms with E-state index in [2.05, 4.69) is 69.6 Å². The van der Waals surface area contributed by atoms with E-state index in [4.69, 9.17) is 4.74 Å². The number of nitrogens with zero attached hydrogens (tertiary/aromatic N) is 2. The van der Waals surface area contributed by atoms with Crippen LogP contribution in [0.4, 0.5) is 0 Å². The molecule has 4 rings (SSSR count). The fourth-order valence-corrected chi connectivity index (χ4v) is 4.45. The summed E-state index contributed by atoms with van der Waals surface area (Å²) in [5.41, 5.74) is 5.69. The molecule has 0 saturated carbocycles. The molecule has 0 N–H and O–H groups in total. The van der Waals surface area contributed by atoms with E-state index >= 15 is 0 Å². The molecule has 0 spiro atoms. The summed E-state index contributed by atoms with van der Waals surface area (Å²) in [6.45, 7) is 7.73. The summed E-state index contributed by atoms with van der Waals surface area (Å²) in [7, 11) is -1.33. The third-order valence-electron chi connectivity index (χ3n) is 5.71. The molecule has 0 aliphatic heterocycles. The molecule has 0 bridgehead atoms. The Hall–Kier alpha value is -3.02. The highest BCUT2D eigenvalue weighted by molar-refractivity contribution is 7.85. The van der Waals surface area contributed by atoms with Gasteiger partial charge in [-0.15, -0.1) is 0 Å². The van der Waals surface area contributed by atoms with Crippen molar-refractivity contribution in [3.8, 4) is 0 Å². The van der Waals surface area contributed by atoms with E-state index in [1.807, 2.05) is 45.0 Å². The Balaban J connectivity index is 1.68. The van der Waals surface area contributed by atoms with Crippen LogP contribution in [0.25, 0.3) is 10.9 Å². The minimum Gasteiger partial charge on any atom is -0.376 e. The van der Waals surface area contributed by atoms with E-state index in [0.717, 1.165) is 29.7 Å². The first-order chi connectivity index (χ1) is 16.4. The van der Waals surface area contributed by atoms with E-state index in [-0.39, 0.29) is 0 Å². The number of fused-ring (bicyclic) bond motifs is 1. The predicted molar refractivity (Wildman–Crippen MR) is 143 cm³/mol. The molecule has 0 aliphatic rings. The Kier molecular flexibility index (Phi) is 7.76. The molecule has 4 nitrogen and oxygen atoms in total. The summed E-state index contributed by atoms with van der Waals surface area (Å²) in [4.78, 5) is 0. The van der Waals surface area contributed by atoms with E-state index in [1.54, 1.807) is 6.21 Å². The molecule has 0 saturated heterocycles. The maximum absolute atomic E-state index is 12.7. The van der Waals surface area contributed by atoms with Crippen LogP contribution in [-0.4, -0.2) is 26.3 Å². The lowest BCUT2D eigenvalue weighted by Crippen LogP contribution is -2.20. The van der Waals surface area contributed by atoms with Gasteiger partial charge in [0.05, 0.1) is 29.9 Å². The molecule has 0 aliphatic carbocycles. The molecule has 0 fully saturated rings. The summed E-state index contributed by atoms with van der Waals surface area (Å²) >= 11 is 0. The highest BCUT2D eigenvalue weighted by Gasteiger charge is 2.20. The van der Waals surface area contributed by atoms with Crippen LogP contribution in [-0.2, 0) is 35.3 Å². The van der Waals surface area contributed by atoms with Crippen molar-refractivity contribution in [2.45, 2.75) is 45.1 Å². The summed E-state index contributed by atoms with van der Waals surface area (Å²) in [6.07, 6.45) is 2.55. The van der Waals surface area contributed by atoms with E-state index in [0.29, 0.717) is 13.2 Å². The molecule has 4 aromatic rings. The van der Waals surface area contributed by atoms with Crippen LogP contribution in [0.15, 0.2) is 89.3 Å². The molecule has 3 aromatic carbocycles. The van der Waals surface area contributed by atoms with Crippen molar-refractivity contribution < 1.29 is 8.95 Å². The Morgan fingerprint density at radius 3 is 2.18 bits per heavy atom. The van der Waals surface area contributed by atoms with E-state index in [9.17, 15) is 4.21 Å². The molecule has 176 valence electrons. The lowest BCUT2D eigenvalue weighted by atomic mass is 10.1. The number of aromatic nitrogens is 1. The monoisotopic (exact) mass is 472 g/mol. The summed E-state index contributed by atoms with van der Waals surface area (Å²) in [5, 5.41) is 1.18. The van der Waals surface area contributed by atoms with Gasteiger partial charge < -0.3 is 9.30 Å². The molecule has 1 atom stereocenters. The molecule has 1 heterocycles. The van der Waals surface area contributed by atoms with Crippen LogP contribution in [0.2, 0.25) is 0 Å². The van der Waals surface area contributed by atoms with Gasteiger partial charge in [-0.3, -0.25) is 0 Å². The number of hydrogen-bond donors (Lipinski definition) is 0. The maximum Gasteiger partial charge on any atom is 0.144 e. The average Bonchev–Trinajstić information content (AvgIpc) is 3.13. The number of ether oxygens (including phenoxy) is 1. The average molecular weight is 473 g/mol. The van der Waals surface area contributed by atoms with Gasteiger partial charge in [0.1, 0.15) is 11.0 Å². The number of hydrogen-bond acceptors (Lipinski definition) is 2. The van der Waals surface area contributed by atoms with Crippen LogP contribution in [0, 0.1) is 0 Å². The molecular weight excluding hydrogens is 440 g/mol. The van der Waals surface area contributed by atoms with Gasteiger partial charge in [0.2, 0.25) is 0 Å². The first-order valence-electron chi connectivity index (χ1n) is 11.7. The maximum atomic E-state index is 12.7. The zero-order valence-electron chi connectivity index (χ0n) is 20.1. The molecular formula is C29H32N2O2S. The lowest BCUT2D eigenvalue weighted by Gasteiger charge is -2.14. The van der Waals surface area contributed by atoms with Crippen molar-refractivity contribution in [2.75, 3.05) is 6.61 Å². The zero-order chi connectivity index (χ0) is 24.0. The van der Waals surface area contributed by atoms with E-state index in [1.165, 1.54) is 16.5 Å². The van der Waals surface area contributed by atoms with E-state index < -0.39 is 15.7 Å². The van der Waals surface area contributed by atoms with Gasteiger partial charge in [0, 0.05) is 17.4 Å². The molecule has 34 heavy (non-hydrogen) atoms. The van der Waals surface area contributed by atoms with Crippen LogP contribution < -0.4 is 0 Å². The third-order valence-corrected chi connectivity index (χ3v) is 7.05. The van der Waals surface area contributed by atoms with Crippen LogP contribution in [0.1, 0.15) is 43.2 Å². The zero-order valence-corrected chi connectivity index (χ0v) is 20.9. The Bertz CT molecular complexity index is 1270. The lowest BCUT2D eigenvalue weighted by molar-refractivity contribution is 0.124. The van der Waals surface area contributed by atoms with Crippen molar-refractivity contribution in [1.82, 2.24) is 4.57 Å². The molecule has 5 heteroatoms. The fourth-order valence-electron chi connectivity index (χ4n) is 3.94. The topological polar surface area (TPSA) is 43.6 Å². The fraction of sp³-hybridized carbons (Fsp3) is 0.276. The molecule has 1 unspecified atom stereocenters. The molecule has 1 aromatic heterocycles. The highest BCUT2D eigenvalue weighted by atomic mass is 32.2. The summed E-state index contributed by atoms with van der Waals surface area (Å²) in [6, 6.07) is 29.1. The normalized spacial score (nSPS) is 13.0. The van der Waals surface area contributed by atoms with Crippen LogP contribution >= 0.6 is 0 Å². The molecule has 0 amide bonds. The Labute approximate surface area is 204 Å². The van der Waals surface area contributed by atoms with Crippen molar-refractivity contribution in [3.05, 3.63) is 107 Å². The van der Waals surface area contributed by atoms with Crippen molar-refractivity contribution in [3.63, 3.8) is 0 Å². The number of benzene rings is 3. The van der Waals surface area contributed by atoms with Gasteiger partial charge in [-0.1, -0.05) is 78.9 Å². The minimum absolute atomic E-state index is 0.411. The predicted octanol–water partition coefficient (Wildman–Crippen LogP) is 6.33. The third kappa shape index (κ3) is 5.91. The second-order valence-corrected chi connectivity index (χ2v) is 11.3. The number of rotatable bonds is 9. The van der Waals surface area contributed by atoms with Gasteiger partial charge >= 0.3 is 0 Å². The van der Waals surface area contributed by atoms with Crippen LogP contribution in [0.3, 0.4) is 0 Å². The quantitative estimate of drug-likeness (QED) is 0.211. The van der Waals surface area contributed by atoms with Gasteiger partial charge in [0.25, 0.3) is 0 Å².